The van der Waals surface area contributed by atoms with E-state index >= 15 is 0 Å². The molecule has 5 rings (SSSR count). The highest BCUT2D eigenvalue weighted by molar-refractivity contribution is 5.77. The van der Waals surface area contributed by atoms with Crippen molar-refractivity contribution in [1.29, 1.82) is 0 Å². The summed E-state index contributed by atoms with van der Waals surface area (Å²) in [5.74, 6) is 1.78. The van der Waals surface area contributed by atoms with E-state index in [-0.39, 0.29) is 30.5 Å². The molecule has 1 aliphatic rings. The van der Waals surface area contributed by atoms with Gasteiger partial charge in [0, 0.05) is 18.5 Å². The molecule has 10 nitrogen and oxygen atoms in total. The maximum absolute atomic E-state index is 13.0. The fourth-order valence-corrected chi connectivity index (χ4v) is 3.91. The first-order valence-corrected chi connectivity index (χ1v) is 11.3. The first-order valence-electron chi connectivity index (χ1n) is 11.3. The molecule has 0 bridgehead atoms. The fourth-order valence-electron chi connectivity index (χ4n) is 3.91. The van der Waals surface area contributed by atoms with Gasteiger partial charge in [-0.25, -0.2) is 4.98 Å². The van der Waals surface area contributed by atoms with Crippen LogP contribution in [0.1, 0.15) is 37.0 Å². The van der Waals surface area contributed by atoms with Gasteiger partial charge in [-0.2, -0.15) is 4.98 Å². The van der Waals surface area contributed by atoms with Crippen LogP contribution in [0.5, 0.6) is 11.5 Å². The van der Waals surface area contributed by atoms with Gasteiger partial charge in [0.25, 0.3) is 11.4 Å². The molecular weight excluding hydrogens is 452 g/mol. The second-order valence-electron chi connectivity index (χ2n) is 8.19. The molecule has 0 radical (unpaired) electrons. The molecular formula is C25H24N4O6. The van der Waals surface area contributed by atoms with Gasteiger partial charge in [0.2, 0.25) is 5.82 Å². The number of benzene rings is 2. The number of aromatic nitrogens is 4. The van der Waals surface area contributed by atoms with Gasteiger partial charge in [-0.05, 0) is 37.1 Å². The molecule has 0 unspecified atom stereocenters. The smallest absolute Gasteiger partial charge is 0.306 e. The molecule has 0 amide bonds. The highest BCUT2D eigenvalue weighted by Crippen LogP contribution is 2.35. The van der Waals surface area contributed by atoms with Gasteiger partial charge in [-0.15, -0.1) is 0 Å². The number of methoxy groups -OCH3 is 2. The molecule has 0 atom stereocenters. The molecule has 2 aromatic heterocycles. The number of esters is 1. The number of aryl methyl sites for hydroxylation is 1. The van der Waals surface area contributed by atoms with E-state index in [9.17, 15) is 9.59 Å². The van der Waals surface area contributed by atoms with E-state index in [2.05, 4.69) is 15.1 Å². The van der Waals surface area contributed by atoms with E-state index in [0.717, 1.165) is 12.8 Å². The number of hydrogen-bond donors (Lipinski definition) is 0. The van der Waals surface area contributed by atoms with Gasteiger partial charge in [-0.3, -0.25) is 14.2 Å². The summed E-state index contributed by atoms with van der Waals surface area (Å²) in [4.78, 5) is 34.3. The number of fused-ring (bicyclic) bond motifs is 1. The Balaban J connectivity index is 1.24. The molecule has 180 valence electrons. The lowest BCUT2D eigenvalue weighted by Gasteiger charge is -2.12. The predicted octanol–water partition coefficient (Wildman–Crippen LogP) is 3.47. The van der Waals surface area contributed by atoms with Crippen LogP contribution in [0.3, 0.4) is 0 Å². The minimum absolute atomic E-state index is 0.0613. The lowest BCUT2D eigenvalue weighted by atomic mass is 10.2. The average Bonchev–Trinajstić information content (AvgIpc) is 3.61. The molecule has 0 N–H and O–H groups in total. The van der Waals surface area contributed by atoms with Crippen LogP contribution in [0.2, 0.25) is 0 Å². The molecule has 10 heteroatoms. The SMILES string of the molecule is COc1ccc(-c2noc(COC(=O)CCc3nc4ccccc4c(=O)n3C3CC3)n2)c(OC)c1. The molecule has 0 saturated heterocycles. The fraction of sp³-hybridized carbons (Fsp3) is 0.320. The van der Waals surface area contributed by atoms with Gasteiger partial charge in [0.1, 0.15) is 17.3 Å². The van der Waals surface area contributed by atoms with Crippen LogP contribution in [0.25, 0.3) is 22.3 Å². The van der Waals surface area contributed by atoms with Crippen LogP contribution in [-0.2, 0) is 22.6 Å². The Morgan fingerprint density at radius 1 is 1.11 bits per heavy atom. The van der Waals surface area contributed by atoms with Gasteiger partial charge in [0.05, 0.1) is 37.1 Å². The van der Waals surface area contributed by atoms with Crippen molar-refractivity contribution in [3.8, 4) is 22.9 Å². The third-order valence-corrected chi connectivity index (χ3v) is 5.82. The summed E-state index contributed by atoms with van der Waals surface area (Å²) < 4.78 is 22.8. The lowest BCUT2D eigenvalue weighted by molar-refractivity contribution is -0.145. The molecule has 35 heavy (non-hydrogen) atoms. The van der Waals surface area contributed by atoms with E-state index < -0.39 is 5.97 Å². The maximum Gasteiger partial charge on any atom is 0.306 e. The molecule has 0 aliphatic heterocycles. The van der Waals surface area contributed by atoms with E-state index in [1.807, 2.05) is 12.1 Å². The number of carbonyl (C=O) groups excluding carboxylic acids is 1. The van der Waals surface area contributed by atoms with Gasteiger partial charge in [-0.1, -0.05) is 17.3 Å². The van der Waals surface area contributed by atoms with Crippen LogP contribution in [0.15, 0.2) is 51.8 Å². The second-order valence-corrected chi connectivity index (χ2v) is 8.19. The zero-order chi connectivity index (χ0) is 24.4. The monoisotopic (exact) mass is 476 g/mol. The van der Waals surface area contributed by atoms with Crippen LogP contribution >= 0.6 is 0 Å². The Morgan fingerprint density at radius 3 is 2.71 bits per heavy atom. The van der Waals surface area contributed by atoms with Crippen LogP contribution < -0.4 is 15.0 Å². The van der Waals surface area contributed by atoms with Crippen molar-refractivity contribution in [1.82, 2.24) is 19.7 Å². The zero-order valence-corrected chi connectivity index (χ0v) is 19.4. The first-order chi connectivity index (χ1) is 17.1. The van der Waals surface area contributed by atoms with Crippen molar-refractivity contribution < 1.29 is 23.5 Å². The number of carbonyl (C=O) groups is 1. The van der Waals surface area contributed by atoms with Crippen molar-refractivity contribution in [2.75, 3.05) is 14.2 Å². The number of hydrogen-bond acceptors (Lipinski definition) is 9. The molecule has 0 spiro atoms. The third kappa shape index (κ3) is 4.72. The quantitative estimate of drug-likeness (QED) is 0.335. The van der Waals surface area contributed by atoms with E-state index in [1.165, 1.54) is 7.11 Å². The van der Waals surface area contributed by atoms with Crippen LogP contribution in [0, 0.1) is 0 Å². The van der Waals surface area contributed by atoms with E-state index in [0.29, 0.717) is 46.0 Å². The van der Waals surface area contributed by atoms with Gasteiger partial charge >= 0.3 is 5.97 Å². The summed E-state index contributed by atoms with van der Waals surface area (Å²) in [7, 11) is 3.10. The standard InChI is InChI=1S/C25H24N4O6/c1-32-16-9-10-18(20(13-16)33-2)24-27-22(35-28-24)14-34-23(30)12-11-21-26-19-6-4-3-5-17(19)25(31)29(21)15-7-8-15/h3-6,9-10,13,15H,7-8,11-12,14H2,1-2H3. The Bertz CT molecular complexity index is 1440. The zero-order valence-electron chi connectivity index (χ0n) is 19.4. The molecule has 1 aliphatic carbocycles. The van der Waals surface area contributed by atoms with Crippen LogP contribution in [0.4, 0.5) is 0 Å². The van der Waals surface area contributed by atoms with Gasteiger partial charge in [0.15, 0.2) is 6.61 Å². The van der Waals surface area contributed by atoms with Gasteiger partial charge < -0.3 is 18.7 Å². The summed E-state index contributed by atoms with van der Waals surface area (Å²) >= 11 is 0. The van der Waals surface area contributed by atoms with E-state index in [4.69, 9.17) is 18.7 Å². The number of ether oxygens (including phenoxy) is 3. The summed E-state index contributed by atoms with van der Waals surface area (Å²) in [5.41, 5.74) is 1.19. The normalized spacial score (nSPS) is 13.1. The number of rotatable bonds is 9. The van der Waals surface area contributed by atoms with Crippen molar-refractivity contribution in [2.24, 2.45) is 0 Å². The predicted molar refractivity (Wildman–Crippen MR) is 125 cm³/mol. The molecule has 1 fully saturated rings. The molecule has 2 aromatic carbocycles. The minimum Gasteiger partial charge on any atom is -0.497 e. The molecule has 1 saturated carbocycles. The second kappa shape index (κ2) is 9.57. The maximum atomic E-state index is 13.0. The summed E-state index contributed by atoms with van der Waals surface area (Å²) in [6.07, 6.45) is 2.25. The Hall–Kier alpha value is -4.21. The Morgan fingerprint density at radius 2 is 1.94 bits per heavy atom. The Kier molecular flexibility index (Phi) is 6.17. The summed E-state index contributed by atoms with van der Waals surface area (Å²) in [6.45, 7) is -0.162. The number of nitrogens with zero attached hydrogens (tertiary/aromatic N) is 4. The molecule has 2 heterocycles. The highest BCUT2D eigenvalue weighted by Gasteiger charge is 2.28. The minimum atomic E-state index is -0.448. The van der Waals surface area contributed by atoms with E-state index in [1.54, 1.807) is 42.0 Å². The highest BCUT2D eigenvalue weighted by atomic mass is 16.6. The Labute approximate surface area is 200 Å². The topological polar surface area (TPSA) is 119 Å². The van der Waals surface area contributed by atoms with Crippen molar-refractivity contribution in [3.05, 3.63) is 64.5 Å². The molecule has 4 aromatic rings. The van der Waals surface area contributed by atoms with Crippen LogP contribution in [-0.4, -0.2) is 39.9 Å². The third-order valence-electron chi connectivity index (χ3n) is 5.82. The first kappa shape index (κ1) is 22.6. The summed E-state index contributed by atoms with van der Waals surface area (Å²) in [6, 6.07) is 12.6. The largest absolute Gasteiger partial charge is 0.497 e. The lowest BCUT2D eigenvalue weighted by Crippen LogP contribution is -2.25. The van der Waals surface area contributed by atoms with Crippen molar-refractivity contribution >= 4 is 16.9 Å². The number of para-hydroxylation sites is 1. The van der Waals surface area contributed by atoms with Crippen molar-refractivity contribution in [3.63, 3.8) is 0 Å². The summed E-state index contributed by atoms with van der Waals surface area (Å²) in [5, 5.41) is 4.54. The average molecular weight is 476 g/mol. The van der Waals surface area contributed by atoms with Crippen molar-refractivity contribution in [2.45, 2.75) is 38.3 Å².